The molecule has 1 aliphatic heterocycles. The van der Waals surface area contributed by atoms with Crippen molar-refractivity contribution in [1.29, 1.82) is 0 Å². The summed E-state index contributed by atoms with van der Waals surface area (Å²) in [6, 6.07) is 12.6. The van der Waals surface area contributed by atoms with E-state index in [2.05, 4.69) is 12.2 Å². The third-order valence-electron chi connectivity index (χ3n) is 5.45. The van der Waals surface area contributed by atoms with E-state index in [9.17, 15) is 9.59 Å². The fourth-order valence-corrected chi connectivity index (χ4v) is 3.95. The molecule has 1 N–H and O–H groups in total. The van der Waals surface area contributed by atoms with E-state index < -0.39 is 0 Å². The molecule has 0 radical (unpaired) electrons. The predicted octanol–water partition coefficient (Wildman–Crippen LogP) is 4.95. The number of likely N-dealkylation sites (tertiary alicyclic amines) is 1. The molecule has 0 saturated carbocycles. The summed E-state index contributed by atoms with van der Waals surface area (Å²) in [7, 11) is 0. The third kappa shape index (κ3) is 6.16. The van der Waals surface area contributed by atoms with Crippen molar-refractivity contribution in [2.75, 3.05) is 26.3 Å². The normalized spacial score (nSPS) is 14.2. The van der Waals surface area contributed by atoms with Crippen LogP contribution in [0.2, 0.25) is 5.02 Å². The molecular formula is C25H31ClN2O4. The van der Waals surface area contributed by atoms with Gasteiger partial charge in [0.05, 0.1) is 18.2 Å². The molecule has 1 saturated heterocycles. The average molecular weight is 459 g/mol. The summed E-state index contributed by atoms with van der Waals surface area (Å²) in [5.41, 5.74) is 1.12. The number of amides is 2. The van der Waals surface area contributed by atoms with Gasteiger partial charge in [-0.1, -0.05) is 43.1 Å². The van der Waals surface area contributed by atoms with Crippen LogP contribution in [0, 0.1) is 0 Å². The van der Waals surface area contributed by atoms with Gasteiger partial charge in [0, 0.05) is 30.3 Å². The monoisotopic (exact) mass is 458 g/mol. The van der Waals surface area contributed by atoms with Gasteiger partial charge in [-0.3, -0.25) is 9.59 Å². The van der Waals surface area contributed by atoms with Crippen LogP contribution in [-0.4, -0.2) is 49.1 Å². The van der Waals surface area contributed by atoms with Crippen LogP contribution in [0.25, 0.3) is 0 Å². The first-order chi connectivity index (χ1) is 15.5. The Morgan fingerprint density at radius 2 is 1.78 bits per heavy atom. The van der Waals surface area contributed by atoms with Crippen molar-refractivity contribution in [3.05, 3.63) is 58.6 Å². The van der Waals surface area contributed by atoms with Crippen LogP contribution < -0.4 is 14.8 Å². The second-order valence-electron chi connectivity index (χ2n) is 7.83. The Hall–Kier alpha value is -2.73. The maximum absolute atomic E-state index is 13.1. The molecule has 2 aromatic carbocycles. The van der Waals surface area contributed by atoms with Crippen LogP contribution in [0.4, 0.5) is 0 Å². The molecule has 32 heavy (non-hydrogen) atoms. The van der Waals surface area contributed by atoms with Gasteiger partial charge in [-0.25, -0.2) is 0 Å². The number of piperidine rings is 1. The largest absolute Gasteiger partial charge is 0.490 e. The van der Waals surface area contributed by atoms with Gasteiger partial charge < -0.3 is 19.7 Å². The summed E-state index contributed by atoms with van der Waals surface area (Å²) in [5.74, 6) is 0.799. The molecule has 0 bridgehead atoms. The molecule has 6 nitrogen and oxygen atoms in total. The Kier molecular flexibility index (Phi) is 8.80. The van der Waals surface area contributed by atoms with Gasteiger partial charge in [-0.05, 0) is 50.5 Å². The van der Waals surface area contributed by atoms with Gasteiger partial charge >= 0.3 is 0 Å². The van der Waals surface area contributed by atoms with E-state index in [1.54, 1.807) is 29.2 Å². The molecule has 2 aromatic rings. The topological polar surface area (TPSA) is 67.9 Å². The lowest BCUT2D eigenvalue weighted by atomic mass is 10.0. The summed E-state index contributed by atoms with van der Waals surface area (Å²) < 4.78 is 11.5. The minimum Gasteiger partial charge on any atom is -0.490 e. The van der Waals surface area contributed by atoms with Gasteiger partial charge in [-0.15, -0.1) is 0 Å². The quantitative estimate of drug-likeness (QED) is 0.540. The van der Waals surface area contributed by atoms with Gasteiger partial charge in [0.25, 0.3) is 11.8 Å². The molecule has 1 heterocycles. The molecular weight excluding hydrogens is 428 g/mol. The minimum absolute atomic E-state index is 0.0451. The highest BCUT2D eigenvalue weighted by Crippen LogP contribution is 2.37. The Labute approximate surface area is 194 Å². The SMILES string of the molecule is CCCCOc1c(Cl)cc(C(=O)N2CCC(NC(=O)c3ccccc3)CC2)cc1OCC. The predicted molar refractivity (Wildman–Crippen MR) is 126 cm³/mol. The Morgan fingerprint density at radius 1 is 1.06 bits per heavy atom. The summed E-state index contributed by atoms with van der Waals surface area (Å²) >= 11 is 6.45. The smallest absolute Gasteiger partial charge is 0.254 e. The highest BCUT2D eigenvalue weighted by Gasteiger charge is 2.26. The zero-order chi connectivity index (χ0) is 22.9. The maximum Gasteiger partial charge on any atom is 0.254 e. The van der Waals surface area contributed by atoms with Gasteiger partial charge in [-0.2, -0.15) is 0 Å². The van der Waals surface area contributed by atoms with Crippen LogP contribution in [-0.2, 0) is 0 Å². The number of ether oxygens (including phenoxy) is 2. The number of unbranched alkanes of at least 4 members (excludes halogenated alkanes) is 1. The van der Waals surface area contributed by atoms with Crippen molar-refractivity contribution in [1.82, 2.24) is 10.2 Å². The van der Waals surface area contributed by atoms with Crippen molar-refractivity contribution in [3.63, 3.8) is 0 Å². The number of nitrogens with zero attached hydrogens (tertiary/aromatic N) is 1. The van der Waals surface area contributed by atoms with Crippen LogP contribution in [0.3, 0.4) is 0 Å². The second kappa shape index (κ2) is 11.8. The van der Waals surface area contributed by atoms with Crippen LogP contribution in [0.15, 0.2) is 42.5 Å². The number of rotatable bonds is 9. The van der Waals surface area contributed by atoms with Crippen molar-refractivity contribution in [2.45, 2.75) is 45.6 Å². The fraction of sp³-hybridized carbons (Fsp3) is 0.440. The van der Waals surface area contributed by atoms with E-state index in [1.165, 1.54) is 0 Å². The fourth-order valence-electron chi connectivity index (χ4n) is 3.68. The molecule has 7 heteroatoms. The second-order valence-corrected chi connectivity index (χ2v) is 8.23. The first kappa shape index (κ1) is 23.9. The number of carbonyl (C=O) groups is 2. The lowest BCUT2D eigenvalue weighted by Crippen LogP contribution is -2.46. The summed E-state index contributed by atoms with van der Waals surface area (Å²) in [6.45, 7) is 6.10. The van der Waals surface area contributed by atoms with E-state index in [-0.39, 0.29) is 17.9 Å². The standard InChI is InChI=1S/C25H31ClN2O4/c1-3-5-15-32-23-21(26)16-19(17-22(23)31-4-2)25(30)28-13-11-20(12-14-28)27-24(29)18-9-7-6-8-10-18/h6-10,16-17,20H,3-5,11-15H2,1-2H3,(H,27,29). The number of hydrogen-bond acceptors (Lipinski definition) is 4. The van der Waals surface area contributed by atoms with Gasteiger partial charge in [0.2, 0.25) is 0 Å². The summed E-state index contributed by atoms with van der Waals surface area (Å²) in [6.07, 6.45) is 3.33. The first-order valence-corrected chi connectivity index (χ1v) is 11.7. The van der Waals surface area contributed by atoms with E-state index in [4.69, 9.17) is 21.1 Å². The molecule has 0 aromatic heterocycles. The van der Waals surface area contributed by atoms with E-state index in [0.29, 0.717) is 66.8 Å². The molecule has 2 amide bonds. The average Bonchev–Trinajstić information content (AvgIpc) is 2.81. The molecule has 0 aliphatic carbocycles. The first-order valence-electron chi connectivity index (χ1n) is 11.3. The van der Waals surface area contributed by atoms with Crippen LogP contribution in [0.5, 0.6) is 11.5 Å². The lowest BCUT2D eigenvalue weighted by molar-refractivity contribution is 0.0697. The molecule has 1 aliphatic rings. The molecule has 172 valence electrons. The van der Waals surface area contributed by atoms with E-state index in [0.717, 1.165) is 12.8 Å². The van der Waals surface area contributed by atoms with Crippen molar-refractivity contribution >= 4 is 23.4 Å². The van der Waals surface area contributed by atoms with Crippen molar-refractivity contribution < 1.29 is 19.1 Å². The molecule has 0 spiro atoms. The molecule has 1 fully saturated rings. The lowest BCUT2D eigenvalue weighted by Gasteiger charge is -2.32. The summed E-state index contributed by atoms with van der Waals surface area (Å²) in [5, 5.41) is 3.44. The Morgan fingerprint density at radius 3 is 2.44 bits per heavy atom. The number of hydrogen-bond donors (Lipinski definition) is 1. The number of halogens is 1. The zero-order valence-electron chi connectivity index (χ0n) is 18.7. The summed E-state index contributed by atoms with van der Waals surface area (Å²) in [4.78, 5) is 27.3. The third-order valence-corrected chi connectivity index (χ3v) is 5.73. The highest BCUT2D eigenvalue weighted by atomic mass is 35.5. The Balaban J connectivity index is 1.62. The van der Waals surface area contributed by atoms with E-state index in [1.807, 2.05) is 25.1 Å². The Bertz CT molecular complexity index is 912. The van der Waals surface area contributed by atoms with E-state index >= 15 is 0 Å². The van der Waals surface area contributed by atoms with Gasteiger partial charge in [0.1, 0.15) is 0 Å². The minimum atomic E-state index is -0.0965. The maximum atomic E-state index is 13.1. The highest BCUT2D eigenvalue weighted by molar-refractivity contribution is 6.32. The van der Waals surface area contributed by atoms with Gasteiger partial charge in [0.15, 0.2) is 11.5 Å². The van der Waals surface area contributed by atoms with Crippen molar-refractivity contribution in [2.24, 2.45) is 0 Å². The zero-order valence-corrected chi connectivity index (χ0v) is 19.5. The number of carbonyl (C=O) groups excluding carboxylic acids is 2. The molecule has 0 unspecified atom stereocenters. The molecule has 3 rings (SSSR count). The van der Waals surface area contributed by atoms with Crippen molar-refractivity contribution in [3.8, 4) is 11.5 Å². The van der Waals surface area contributed by atoms with Crippen LogP contribution >= 0.6 is 11.6 Å². The number of benzene rings is 2. The molecule has 0 atom stereocenters. The number of nitrogens with one attached hydrogen (secondary N) is 1. The van der Waals surface area contributed by atoms with Crippen LogP contribution in [0.1, 0.15) is 60.2 Å².